The first-order valence-corrected chi connectivity index (χ1v) is 13.3. The number of aromatic amines is 2. The fraction of sp³-hybridized carbons (Fsp3) is 0.357. The van der Waals surface area contributed by atoms with Crippen molar-refractivity contribution in [1.82, 2.24) is 35.0 Å². The van der Waals surface area contributed by atoms with Gasteiger partial charge in [0.1, 0.15) is 17.6 Å². The number of piperazine rings is 1. The van der Waals surface area contributed by atoms with Gasteiger partial charge in [-0.05, 0) is 44.2 Å². The molecular weight excluding hydrogens is 478 g/mol. The van der Waals surface area contributed by atoms with Crippen molar-refractivity contribution in [2.75, 3.05) is 43.4 Å². The lowest BCUT2D eigenvalue weighted by Gasteiger charge is -2.34. The smallest absolute Gasteiger partial charge is 0.155 e. The third kappa shape index (κ3) is 4.15. The number of likely N-dealkylation sites (N-methyl/N-ethyl adjacent to an activating group) is 1. The second kappa shape index (κ2) is 9.38. The summed E-state index contributed by atoms with van der Waals surface area (Å²) in [5, 5.41) is 23.4. The summed E-state index contributed by atoms with van der Waals surface area (Å²) in [5.41, 5.74) is 7.13. The second-order valence-electron chi connectivity index (χ2n) is 10.5. The molecule has 10 heteroatoms. The Morgan fingerprint density at radius 1 is 0.974 bits per heavy atom. The monoisotopic (exact) mass is 509 g/mol. The lowest BCUT2D eigenvalue weighted by atomic mass is 9.84. The number of nitrogens with zero attached hydrogens (tertiary/aromatic N) is 6. The van der Waals surface area contributed by atoms with Gasteiger partial charge in [-0.2, -0.15) is 5.10 Å². The van der Waals surface area contributed by atoms with Crippen molar-refractivity contribution in [2.45, 2.75) is 25.5 Å². The zero-order valence-electron chi connectivity index (χ0n) is 21.4. The fourth-order valence-corrected chi connectivity index (χ4v) is 5.45. The van der Waals surface area contributed by atoms with Crippen LogP contribution < -0.4 is 10.2 Å². The molecule has 1 saturated carbocycles. The Morgan fingerprint density at radius 2 is 1.82 bits per heavy atom. The van der Waals surface area contributed by atoms with Gasteiger partial charge in [-0.15, -0.1) is 0 Å². The predicted octanol–water partition coefficient (Wildman–Crippen LogP) is 3.85. The molecule has 5 aromatic rings. The Hall–Kier alpha value is -4.02. The summed E-state index contributed by atoms with van der Waals surface area (Å²) in [4.78, 5) is 21.9. The lowest BCUT2D eigenvalue weighted by Crippen LogP contribution is -2.44. The number of pyridine rings is 3. The number of H-pyrrole nitrogens is 2. The molecule has 0 amide bonds. The molecule has 38 heavy (non-hydrogen) atoms. The van der Waals surface area contributed by atoms with E-state index in [1.807, 2.05) is 24.7 Å². The quantitative estimate of drug-likeness (QED) is 0.255. The number of anilines is 2. The van der Waals surface area contributed by atoms with Gasteiger partial charge >= 0.3 is 0 Å². The maximum absolute atomic E-state index is 10.5. The molecule has 2 fully saturated rings. The van der Waals surface area contributed by atoms with Crippen LogP contribution in [0.5, 0.6) is 0 Å². The predicted molar refractivity (Wildman–Crippen MR) is 149 cm³/mol. The maximum Gasteiger partial charge on any atom is 0.155 e. The highest BCUT2D eigenvalue weighted by Crippen LogP contribution is 2.34. The minimum atomic E-state index is -0.548. The Kier molecular flexibility index (Phi) is 5.70. The molecule has 4 N–H and O–H groups in total. The van der Waals surface area contributed by atoms with Gasteiger partial charge in [-0.25, -0.2) is 9.97 Å². The van der Waals surface area contributed by atoms with E-state index in [1.165, 1.54) is 12.1 Å². The van der Waals surface area contributed by atoms with E-state index in [0.717, 1.165) is 89.3 Å². The van der Waals surface area contributed by atoms with Gasteiger partial charge in [0, 0.05) is 78.3 Å². The highest BCUT2D eigenvalue weighted by Gasteiger charge is 2.25. The molecule has 0 aromatic carbocycles. The third-order valence-electron chi connectivity index (χ3n) is 8.01. The molecule has 0 bridgehead atoms. The number of rotatable bonds is 6. The van der Waals surface area contributed by atoms with Gasteiger partial charge in [0.25, 0.3) is 0 Å². The fourth-order valence-electron chi connectivity index (χ4n) is 5.45. The maximum atomic E-state index is 10.5. The van der Waals surface area contributed by atoms with E-state index < -0.39 is 6.23 Å². The topological polar surface area (TPSA) is 122 Å². The van der Waals surface area contributed by atoms with E-state index in [2.05, 4.69) is 70.5 Å². The first kappa shape index (κ1) is 23.1. The van der Waals surface area contributed by atoms with Crippen molar-refractivity contribution in [2.24, 2.45) is 5.92 Å². The summed E-state index contributed by atoms with van der Waals surface area (Å²) in [6, 6.07) is 8.34. The summed E-state index contributed by atoms with van der Waals surface area (Å²) in [5.74, 6) is 0.313. The summed E-state index contributed by atoms with van der Waals surface area (Å²) < 4.78 is 0. The Labute approximate surface area is 220 Å². The lowest BCUT2D eigenvalue weighted by molar-refractivity contribution is 0.0851. The summed E-state index contributed by atoms with van der Waals surface area (Å²) in [6.45, 7) is 4.08. The van der Waals surface area contributed by atoms with Crippen LogP contribution in [0.3, 0.4) is 0 Å². The van der Waals surface area contributed by atoms with Gasteiger partial charge in [-0.3, -0.25) is 10.1 Å². The van der Waals surface area contributed by atoms with Crippen LogP contribution in [0.1, 0.15) is 19.3 Å². The molecule has 7 rings (SSSR count). The molecule has 1 saturated heterocycles. The van der Waals surface area contributed by atoms with E-state index in [4.69, 9.17) is 0 Å². The van der Waals surface area contributed by atoms with Crippen molar-refractivity contribution in [3.63, 3.8) is 0 Å². The van der Waals surface area contributed by atoms with Crippen molar-refractivity contribution in [3.8, 4) is 22.5 Å². The summed E-state index contributed by atoms with van der Waals surface area (Å²) in [7, 11) is 2.17. The van der Waals surface area contributed by atoms with E-state index in [0.29, 0.717) is 5.92 Å². The number of aliphatic hydroxyl groups is 1. The zero-order valence-corrected chi connectivity index (χ0v) is 21.4. The van der Waals surface area contributed by atoms with Crippen molar-refractivity contribution < 1.29 is 5.11 Å². The molecule has 5 aromatic heterocycles. The van der Waals surface area contributed by atoms with Crippen LogP contribution in [0.2, 0.25) is 0 Å². The number of aliphatic hydroxyl groups excluding tert-OH is 1. The van der Waals surface area contributed by atoms with Gasteiger partial charge in [0.15, 0.2) is 5.65 Å². The highest BCUT2D eigenvalue weighted by molar-refractivity contribution is 5.98. The minimum absolute atomic E-state index is 0.313. The van der Waals surface area contributed by atoms with Crippen LogP contribution in [-0.4, -0.2) is 79.6 Å². The highest BCUT2D eigenvalue weighted by atomic mass is 16.3. The third-order valence-corrected chi connectivity index (χ3v) is 8.01. The average Bonchev–Trinajstić information content (AvgIpc) is 3.52. The van der Waals surface area contributed by atoms with Crippen LogP contribution in [0.15, 0.2) is 49.1 Å². The Morgan fingerprint density at radius 3 is 2.63 bits per heavy atom. The largest absolute Gasteiger partial charge is 0.374 e. The summed E-state index contributed by atoms with van der Waals surface area (Å²) >= 11 is 0. The van der Waals surface area contributed by atoms with E-state index in [1.54, 1.807) is 6.20 Å². The molecule has 0 spiro atoms. The zero-order chi connectivity index (χ0) is 25.6. The van der Waals surface area contributed by atoms with Gasteiger partial charge in [-0.1, -0.05) is 6.42 Å². The van der Waals surface area contributed by atoms with E-state index >= 15 is 0 Å². The SMILES string of the molecule is CN1CCN(c2ccnc3[nH]c(-c4n[nH]c5ncc(-c6cncc(NC(O)C7CCC7)c6)cc45)cc23)CC1. The van der Waals surface area contributed by atoms with E-state index in [-0.39, 0.29) is 0 Å². The molecule has 0 radical (unpaired) electrons. The van der Waals surface area contributed by atoms with Crippen LogP contribution in [0, 0.1) is 5.92 Å². The van der Waals surface area contributed by atoms with Crippen molar-refractivity contribution in [1.29, 1.82) is 0 Å². The Balaban J connectivity index is 1.22. The molecule has 1 aliphatic carbocycles. The van der Waals surface area contributed by atoms with Gasteiger partial charge in [0.2, 0.25) is 0 Å². The molecule has 2 aliphatic rings. The number of aromatic nitrogens is 6. The molecule has 194 valence electrons. The van der Waals surface area contributed by atoms with Crippen molar-refractivity contribution >= 4 is 33.4 Å². The number of nitrogens with one attached hydrogen (secondary N) is 3. The number of fused-ring (bicyclic) bond motifs is 2. The first-order valence-electron chi connectivity index (χ1n) is 13.3. The number of hydrogen-bond acceptors (Lipinski definition) is 8. The standard InChI is InChI=1S/C28H31N9O/c1-36-7-9-37(10-8-36)24-5-6-30-26-21(24)13-23(33-26)25-22-12-19(15-31-27(22)35-34-25)18-11-20(16-29-14-18)32-28(38)17-3-2-4-17/h5-6,11-17,28,32,38H,2-4,7-10H2,1H3,(H,30,33)(H,31,34,35). The van der Waals surface area contributed by atoms with Crippen LogP contribution >= 0.6 is 0 Å². The normalized spacial score (nSPS) is 17.7. The van der Waals surface area contributed by atoms with Gasteiger partial charge < -0.3 is 25.2 Å². The molecule has 10 nitrogen and oxygen atoms in total. The molecule has 1 unspecified atom stereocenters. The van der Waals surface area contributed by atoms with Crippen molar-refractivity contribution in [3.05, 3.63) is 49.1 Å². The van der Waals surface area contributed by atoms with Crippen LogP contribution in [0.25, 0.3) is 44.6 Å². The minimum Gasteiger partial charge on any atom is -0.374 e. The molecule has 1 aliphatic heterocycles. The van der Waals surface area contributed by atoms with Gasteiger partial charge in [0.05, 0.1) is 17.6 Å². The first-order chi connectivity index (χ1) is 18.6. The molecule has 1 atom stereocenters. The Bertz CT molecular complexity index is 1600. The van der Waals surface area contributed by atoms with Crippen LogP contribution in [0.4, 0.5) is 11.4 Å². The molecule has 6 heterocycles. The molecular formula is C28H31N9O. The van der Waals surface area contributed by atoms with Crippen LogP contribution in [-0.2, 0) is 0 Å². The summed E-state index contributed by atoms with van der Waals surface area (Å²) in [6.07, 6.45) is 10.0. The second-order valence-corrected chi connectivity index (χ2v) is 10.5. The van der Waals surface area contributed by atoms with E-state index in [9.17, 15) is 5.11 Å². The number of hydrogen-bond donors (Lipinski definition) is 4. The average molecular weight is 510 g/mol.